The summed E-state index contributed by atoms with van der Waals surface area (Å²) in [5.41, 5.74) is 3.12. The molecule has 174 valence electrons. The zero-order valence-corrected chi connectivity index (χ0v) is 18.8. The van der Waals surface area contributed by atoms with Gasteiger partial charge < -0.3 is 15.0 Å². The van der Waals surface area contributed by atoms with E-state index in [4.69, 9.17) is 4.74 Å². The summed E-state index contributed by atoms with van der Waals surface area (Å²) in [5.74, 6) is -1.04. The fourth-order valence-corrected chi connectivity index (χ4v) is 3.39. The van der Waals surface area contributed by atoms with Crippen molar-refractivity contribution in [3.63, 3.8) is 0 Å². The van der Waals surface area contributed by atoms with Crippen LogP contribution in [0.2, 0.25) is 0 Å². The zero-order valence-electron chi connectivity index (χ0n) is 18.8. The number of ether oxygens (including phenoxy) is 1. The number of amides is 1. The van der Waals surface area contributed by atoms with E-state index in [-0.39, 0.29) is 36.2 Å². The minimum Gasteiger partial charge on any atom is -0.471 e. The molecule has 0 unspecified atom stereocenters. The molecule has 4 rings (SSSR count). The number of hydrogen-bond acceptors (Lipinski definition) is 4. The maximum absolute atomic E-state index is 13.6. The molecule has 0 radical (unpaired) electrons. The van der Waals surface area contributed by atoms with Crippen LogP contribution in [0.3, 0.4) is 0 Å². The Hall–Kier alpha value is -4.20. The quantitative estimate of drug-likeness (QED) is 0.396. The van der Waals surface area contributed by atoms with Crippen molar-refractivity contribution >= 4 is 17.3 Å². The van der Waals surface area contributed by atoms with Gasteiger partial charge in [-0.25, -0.2) is 8.78 Å². The minimum absolute atomic E-state index is 0.0343. The molecule has 3 aromatic carbocycles. The number of hydrogen-bond donors (Lipinski definition) is 1. The van der Waals surface area contributed by atoms with Gasteiger partial charge in [0.25, 0.3) is 5.91 Å². The fraction of sp³-hybridized carbons (Fsp3) is 0.154. The molecule has 0 atom stereocenters. The summed E-state index contributed by atoms with van der Waals surface area (Å²) in [6, 6.07) is 19.5. The molecule has 0 spiro atoms. The Morgan fingerprint density at radius 2 is 1.62 bits per heavy atom. The van der Waals surface area contributed by atoms with E-state index < -0.39 is 5.91 Å². The van der Waals surface area contributed by atoms with Gasteiger partial charge in [0.1, 0.15) is 23.8 Å². The van der Waals surface area contributed by atoms with E-state index in [0.29, 0.717) is 16.8 Å². The van der Waals surface area contributed by atoms with Gasteiger partial charge in [0.05, 0.1) is 6.54 Å². The topological polar surface area (TPSA) is 59.4 Å². The van der Waals surface area contributed by atoms with Crippen molar-refractivity contribution in [1.29, 1.82) is 0 Å². The Morgan fingerprint density at radius 3 is 2.26 bits per heavy atom. The highest BCUT2D eigenvalue weighted by Gasteiger charge is 2.19. The highest BCUT2D eigenvalue weighted by molar-refractivity contribution is 6.05. The van der Waals surface area contributed by atoms with Crippen LogP contribution < -0.4 is 15.0 Å². The third-order valence-corrected chi connectivity index (χ3v) is 5.11. The number of carbonyl (C=O) groups is 1. The predicted octanol–water partition coefficient (Wildman–Crippen LogP) is 5.11. The van der Waals surface area contributed by atoms with Crippen LogP contribution in [0, 0.1) is 11.6 Å². The average Bonchev–Trinajstić information content (AvgIpc) is 3.21. The Morgan fingerprint density at radius 1 is 0.971 bits per heavy atom. The summed E-state index contributed by atoms with van der Waals surface area (Å²) < 4.78 is 34.4. The summed E-state index contributed by atoms with van der Waals surface area (Å²) in [7, 11) is 3.87. The van der Waals surface area contributed by atoms with Crippen molar-refractivity contribution in [3.8, 4) is 5.88 Å². The molecule has 1 N–H and O–H groups in total. The monoisotopic (exact) mass is 462 g/mol. The van der Waals surface area contributed by atoms with E-state index in [2.05, 4.69) is 10.4 Å². The first kappa shape index (κ1) is 23.0. The minimum atomic E-state index is -0.405. The molecule has 6 nitrogen and oxygen atoms in total. The van der Waals surface area contributed by atoms with Crippen molar-refractivity contribution < 1.29 is 18.3 Å². The van der Waals surface area contributed by atoms with Crippen LogP contribution in [0.1, 0.15) is 21.5 Å². The Balaban J connectivity index is 1.57. The van der Waals surface area contributed by atoms with E-state index in [1.165, 1.54) is 28.9 Å². The van der Waals surface area contributed by atoms with Gasteiger partial charge in [-0.3, -0.25) is 9.48 Å². The van der Waals surface area contributed by atoms with Crippen molar-refractivity contribution in [2.24, 2.45) is 0 Å². The maximum Gasteiger partial charge on any atom is 0.262 e. The van der Waals surface area contributed by atoms with E-state index in [0.717, 1.165) is 5.69 Å². The van der Waals surface area contributed by atoms with Crippen molar-refractivity contribution in [1.82, 2.24) is 9.78 Å². The number of benzene rings is 3. The normalized spacial score (nSPS) is 10.7. The Kier molecular flexibility index (Phi) is 6.87. The van der Waals surface area contributed by atoms with Gasteiger partial charge in [0.2, 0.25) is 5.88 Å². The van der Waals surface area contributed by atoms with E-state index in [1.54, 1.807) is 42.6 Å². The van der Waals surface area contributed by atoms with Crippen LogP contribution in [0.15, 0.2) is 79.0 Å². The first-order chi connectivity index (χ1) is 16.4. The highest BCUT2D eigenvalue weighted by Crippen LogP contribution is 2.22. The largest absolute Gasteiger partial charge is 0.471 e. The number of anilines is 2. The van der Waals surface area contributed by atoms with E-state index in [1.807, 2.05) is 31.1 Å². The smallest absolute Gasteiger partial charge is 0.262 e. The van der Waals surface area contributed by atoms with Gasteiger partial charge >= 0.3 is 0 Å². The molecule has 8 heteroatoms. The summed E-state index contributed by atoms with van der Waals surface area (Å²) in [5, 5.41) is 7.23. The van der Waals surface area contributed by atoms with Gasteiger partial charge in [0, 0.05) is 31.7 Å². The molecule has 34 heavy (non-hydrogen) atoms. The van der Waals surface area contributed by atoms with Crippen molar-refractivity contribution in [2.45, 2.75) is 13.2 Å². The molecule has 0 saturated heterocycles. The summed E-state index contributed by atoms with van der Waals surface area (Å²) in [6.45, 7) is 0.283. The fourth-order valence-electron chi connectivity index (χ4n) is 3.39. The lowest BCUT2D eigenvalue weighted by molar-refractivity contribution is 0.102. The van der Waals surface area contributed by atoms with E-state index >= 15 is 0 Å². The molecule has 0 fully saturated rings. The second kappa shape index (κ2) is 10.2. The molecule has 1 heterocycles. The number of carbonyl (C=O) groups excluding carboxylic acids is 1. The Bertz CT molecular complexity index is 1290. The summed E-state index contributed by atoms with van der Waals surface area (Å²) >= 11 is 0. The summed E-state index contributed by atoms with van der Waals surface area (Å²) in [6.07, 6.45) is 1.55. The van der Waals surface area contributed by atoms with Crippen LogP contribution in [0.25, 0.3) is 0 Å². The first-order valence-electron chi connectivity index (χ1n) is 10.7. The predicted molar refractivity (Wildman–Crippen MR) is 127 cm³/mol. The number of nitrogens with one attached hydrogen (secondary N) is 1. The van der Waals surface area contributed by atoms with Crippen LogP contribution >= 0.6 is 0 Å². The molecule has 0 aliphatic carbocycles. The lowest BCUT2D eigenvalue weighted by atomic mass is 10.2. The molecule has 0 bridgehead atoms. The molecule has 4 aromatic rings. The molecule has 0 aliphatic rings. The van der Waals surface area contributed by atoms with E-state index in [9.17, 15) is 13.6 Å². The third-order valence-electron chi connectivity index (χ3n) is 5.11. The van der Waals surface area contributed by atoms with Gasteiger partial charge in [0.15, 0.2) is 0 Å². The summed E-state index contributed by atoms with van der Waals surface area (Å²) in [4.78, 5) is 15.0. The van der Waals surface area contributed by atoms with Crippen LogP contribution in [0.4, 0.5) is 20.2 Å². The molecule has 1 amide bonds. The molecule has 0 saturated carbocycles. The maximum atomic E-state index is 13.6. The lowest BCUT2D eigenvalue weighted by Gasteiger charge is -2.13. The first-order valence-corrected chi connectivity index (χ1v) is 10.7. The number of rotatable bonds is 8. The van der Waals surface area contributed by atoms with Gasteiger partial charge in [-0.1, -0.05) is 24.3 Å². The lowest BCUT2D eigenvalue weighted by Crippen LogP contribution is -2.13. The molecular weight excluding hydrogens is 438 g/mol. The SMILES string of the molecule is CN(C)c1ccc(NC(=O)c2cn(Cc3cccc(F)c3)nc2OCc2cccc(F)c2)cc1. The molecule has 0 aliphatic heterocycles. The molecule has 1 aromatic heterocycles. The standard InChI is InChI=1S/C26H24F2N4O2/c1-31(2)23-11-9-22(10-12-23)29-25(33)24-16-32(15-18-5-3-7-20(27)13-18)30-26(24)34-17-19-6-4-8-21(28)14-19/h3-14,16H,15,17H2,1-2H3,(H,29,33). The van der Waals surface area contributed by atoms with Crippen molar-refractivity contribution in [3.05, 3.63) is 107 Å². The third kappa shape index (κ3) is 5.78. The van der Waals surface area contributed by atoms with Gasteiger partial charge in [-0.2, -0.15) is 0 Å². The zero-order chi connectivity index (χ0) is 24.1. The molecular formula is C26H24F2N4O2. The highest BCUT2D eigenvalue weighted by atomic mass is 19.1. The average molecular weight is 463 g/mol. The Labute approximate surface area is 196 Å². The van der Waals surface area contributed by atoms with Gasteiger partial charge in [-0.05, 0) is 59.7 Å². The second-order valence-electron chi connectivity index (χ2n) is 7.99. The van der Waals surface area contributed by atoms with Crippen LogP contribution in [-0.2, 0) is 13.2 Å². The number of halogens is 2. The van der Waals surface area contributed by atoms with Crippen LogP contribution in [0.5, 0.6) is 5.88 Å². The number of aromatic nitrogens is 2. The van der Waals surface area contributed by atoms with Crippen molar-refractivity contribution in [2.75, 3.05) is 24.3 Å². The van der Waals surface area contributed by atoms with Gasteiger partial charge in [-0.15, -0.1) is 5.10 Å². The number of nitrogens with zero attached hydrogens (tertiary/aromatic N) is 3. The van der Waals surface area contributed by atoms with Crippen LogP contribution in [-0.4, -0.2) is 29.8 Å². The second-order valence-corrected chi connectivity index (χ2v) is 7.99.